The van der Waals surface area contributed by atoms with Gasteiger partial charge >= 0.3 is 0 Å². The molecule has 1 nitrogen and oxygen atoms in total. The second-order valence-electron chi connectivity index (χ2n) is 13.2. The normalized spacial score (nSPS) is 46.5. The Bertz CT molecular complexity index is 718. The molecule has 0 unspecified atom stereocenters. The monoisotopic (exact) mass is 426 g/mol. The van der Waals surface area contributed by atoms with Gasteiger partial charge in [0.05, 0.1) is 6.10 Å². The van der Waals surface area contributed by atoms with E-state index in [1.165, 1.54) is 50.5 Å². The highest BCUT2D eigenvalue weighted by Crippen LogP contribution is 2.67. The van der Waals surface area contributed by atoms with Crippen molar-refractivity contribution >= 4 is 0 Å². The molecule has 31 heavy (non-hydrogen) atoms. The van der Waals surface area contributed by atoms with Crippen molar-refractivity contribution in [2.45, 2.75) is 106 Å². The average Bonchev–Trinajstić information content (AvgIpc) is 3.07. The smallest absolute Gasteiger partial charge is 0.0568 e. The van der Waals surface area contributed by atoms with Crippen molar-refractivity contribution in [3.05, 3.63) is 23.8 Å². The zero-order chi connectivity index (χ0) is 22.7. The molecule has 1 N–H and O–H groups in total. The molecule has 0 aromatic rings. The first kappa shape index (κ1) is 23.6. The van der Waals surface area contributed by atoms with E-state index in [4.69, 9.17) is 0 Å². The molecule has 3 fully saturated rings. The number of rotatable bonds is 5. The summed E-state index contributed by atoms with van der Waals surface area (Å²) in [6.07, 6.45) is 12.7. The Labute approximate surface area is 193 Å². The Balaban J connectivity index is 1.55. The quantitative estimate of drug-likeness (QED) is 0.441. The molecule has 0 saturated heterocycles. The summed E-state index contributed by atoms with van der Waals surface area (Å²) >= 11 is 0. The van der Waals surface area contributed by atoms with Gasteiger partial charge in [0.15, 0.2) is 0 Å². The summed E-state index contributed by atoms with van der Waals surface area (Å²) in [5.41, 5.74) is 4.21. The summed E-state index contributed by atoms with van der Waals surface area (Å²) in [7, 11) is 0. The maximum Gasteiger partial charge on any atom is 0.0568 e. The number of hydrogen-bond donors (Lipinski definition) is 1. The van der Waals surface area contributed by atoms with Gasteiger partial charge in [-0.2, -0.15) is 0 Å². The lowest BCUT2D eigenvalue weighted by Crippen LogP contribution is -2.52. The fourth-order valence-corrected chi connectivity index (χ4v) is 8.93. The fourth-order valence-electron chi connectivity index (χ4n) is 8.93. The highest BCUT2D eigenvalue weighted by Gasteiger charge is 2.59. The molecule has 0 amide bonds. The lowest BCUT2D eigenvalue weighted by Gasteiger charge is -2.59. The Morgan fingerprint density at radius 1 is 1.03 bits per heavy atom. The first-order chi connectivity index (χ1) is 14.5. The molecule has 4 rings (SSSR count). The van der Waals surface area contributed by atoms with Crippen LogP contribution < -0.4 is 0 Å². The van der Waals surface area contributed by atoms with E-state index in [9.17, 15) is 5.11 Å². The molecular weight excluding hydrogens is 376 g/mol. The third-order valence-electron chi connectivity index (χ3n) is 11.6. The van der Waals surface area contributed by atoms with Crippen LogP contribution in [-0.4, -0.2) is 11.2 Å². The minimum absolute atomic E-state index is 0.0853. The van der Waals surface area contributed by atoms with Crippen molar-refractivity contribution in [2.75, 3.05) is 0 Å². The lowest BCUT2D eigenvalue weighted by atomic mass is 9.46. The number of hydrogen-bond acceptors (Lipinski definition) is 1. The van der Waals surface area contributed by atoms with Crippen molar-refractivity contribution in [3.8, 4) is 0 Å². The molecule has 0 spiro atoms. The minimum atomic E-state index is -0.0853. The second kappa shape index (κ2) is 8.34. The van der Waals surface area contributed by atoms with Crippen LogP contribution in [0.1, 0.15) is 99.8 Å². The molecule has 0 bridgehead atoms. The van der Waals surface area contributed by atoms with Crippen LogP contribution >= 0.6 is 0 Å². The molecule has 0 aromatic carbocycles. The van der Waals surface area contributed by atoms with Gasteiger partial charge in [-0.25, -0.2) is 0 Å². The Morgan fingerprint density at radius 2 is 1.68 bits per heavy atom. The van der Waals surface area contributed by atoms with Crippen LogP contribution in [0, 0.1) is 58.2 Å². The molecule has 0 aliphatic heterocycles. The first-order valence-corrected chi connectivity index (χ1v) is 13.6. The molecule has 4 aliphatic rings. The highest BCUT2D eigenvalue weighted by molar-refractivity contribution is 5.28. The van der Waals surface area contributed by atoms with Crippen LogP contribution in [0.4, 0.5) is 0 Å². The summed E-state index contributed by atoms with van der Waals surface area (Å²) in [6, 6.07) is 0. The predicted molar refractivity (Wildman–Crippen MR) is 133 cm³/mol. The largest absolute Gasteiger partial charge is 0.393 e. The highest BCUT2D eigenvalue weighted by atomic mass is 16.3. The van der Waals surface area contributed by atoms with Gasteiger partial charge in [0, 0.05) is 0 Å². The zero-order valence-corrected chi connectivity index (χ0v) is 21.6. The molecular formula is C30H50O. The van der Waals surface area contributed by atoms with Crippen molar-refractivity contribution in [3.63, 3.8) is 0 Å². The molecule has 1 heteroatoms. The van der Waals surface area contributed by atoms with Crippen LogP contribution in [-0.2, 0) is 0 Å². The van der Waals surface area contributed by atoms with E-state index in [0.29, 0.717) is 28.6 Å². The standard InChI is InChI=1S/C30H50O/c1-18(2)19(3)17-20(4)21(5)24-11-12-26-23-9-10-25-22(6)28(31)14-16-30(25,8)27(23)13-15-29(24,26)7/h9,18-19,21-22,24-28,31H,4,10-17H2,1-3,5-8H3/t19-,21+,22-,24+,25-,26-,27-,28-,29+,30-/m0/s1. The molecule has 0 radical (unpaired) electrons. The number of fused-ring (bicyclic) bond motifs is 5. The van der Waals surface area contributed by atoms with E-state index in [1.807, 2.05) is 5.57 Å². The minimum Gasteiger partial charge on any atom is -0.393 e. The van der Waals surface area contributed by atoms with E-state index in [0.717, 1.165) is 36.0 Å². The summed E-state index contributed by atoms with van der Waals surface area (Å²) in [4.78, 5) is 0. The third kappa shape index (κ3) is 3.70. The number of aliphatic hydroxyl groups excluding tert-OH is 1. The third-order valence-corrected chi connectivity index (χ3v) is 11.6. The summed E-state index contributed by atoms with van der Waals surface area (Å²) < 4.78 is 0. The predicted octanol–water partition coefficient (Wildman–Crippen LogP) is 8.05. The summed E-state index contributed by atoms with van der Waals surface area (Å²) in [5.74, 6) is 5.58. The van der Waals surface area contributed by atoms with Crippen LogP contribution in [0.2, 0.25) is 0 Å². The number of aliphatic hydroxyl groups is 1. The number of allylic oxidation sites excluding steroid dienone is 3. The van der Waals surface area contributed by atoms with Crippen LogP contribution in [0.25, 0.3) is 0 Å². The van der Waals surface area contributed by atoms with Gasteiger partial charge in [0.25, 0.3) is 0 Å². The molecule has 0 aromatic heterocycles. The van der Waals surface area contributed by atoms with Gasteiger partial charge in [-0.15, -0.1) is 0 Å². The fraction of sp³-hybridized carbons (Fsp3) is 0.867. The molecule has 4 aliphatic carbocycles. The van der Waals surface area contributed by atoms with E-state index in [1.54, 1.807) is 0 Å². The molecule has 176 valence electrons. The zero-order valence-electron chi connectivity index (χ0n) is 21.6. The average molecular weight is 427 g/mol. The van der Waals surface area contributed by atoms with E-state index in [-0.39, 0.29) is 6.10 Å². The van der Waals surface area contributed by atoms with Crippen molar-refractivity contribution in [1.82, 2.24) is 0 Å². The van der Waals surface area contributed by atoms with Crippen LogP contribution in [0.5, 0.6) is 0 Å². The SMILES string of the molecule is C=C(C[C@H](C)C(C)C)[C@@H](C)[C@H]1CC[C@H]2C3=CC[C@H]4[C@H](C)[C@@H](O)CC[C@]4(C)[C@H]3CC[C@]12C. The molecule has 3 saturated carbocycles. The van der Waals surface area contributed by atoms with Gasteiger partial charge in [-0.3, -0.25) is 0 Å². The topological polar surface area (TPSA) is 20.2 Å². The summed E-state index contributed by atoms with van der Waals surface area (Å²) in [6.45, 7) is 21.8. The maximum absolute atomic E-state index is 10.5. The van der Waals surface area contributed by atoms with Crippen LogP contribution in [0.3, 0.4) is 0 Å². The Hall–Kier alpha value is -0.560. The summed E-state index contributed by atoms with van der Waals surface area (Å²) in [5, 5.41) is 10.5. The first-order valence-electron chi connectivity index (χ1n) is 13.6. The van der Waals surface area contributed by atoms with Gasteiger partial charge in [0.2, 0.25) is 0 Å². The van der Waals surface area contributed by atoms with Crippen LogP contribution in [0.15, 0.2) is 23.8 Å². The Morgan fingerprint density at radius 3 is 2.35 bits per heavy atom. The Kier molecular flexibility index (Phi) is 6.35. The second-order valence-corrected chi connectivity index (χ2v) is 13.2. The van der Waals surface area contributed by atoms with Crippen molar-refractivity contribution in [1.29, 1.82) is 0 Å². The lowest BCUT2D eigenvalue weighted by molar-refractivity contribution is -0.0769. The molecule has 0 heterocycles. The van der Waals surface area contributed by atoms with Crippen molar-refractivity contribution < 1.29 is 5.11 Å². The van der Waals surface area contributed by atoms with Gasteiger partial charge in [0.1, 0.15) is 0 Å². The van der Waals surface area contributed by atoms with E-state index >= 15 is 0 Å². The van der Waals surface area contributed by atoms with Crippen molar-refractivity contribution in [2.24, 2.45) is 58.2 Å². The molecule has 10 atom stereocenters. The van der Waals surface area contributed by atoms with Gasteiger partial charge in [-0.1, -0.05) is 72.3 Å². The van der Waals surface area contributed by atoms with E-state index < -0.39 is 0 Å². The maximum atomic E-state index is 10.5. The van der Waals surface area contributed by atoms with E-state index in [2.05, 4.69) is 61.1 Å². The van der Waals surface area contributed by atoms with Gasteiger partial charge < -0.3 is 5.11 Å². The van der Waals surface area contributed by atoms with Gasteiger partial charge in [-0.05, 0) is 110 Å².